The average Bonchev–Trinajstić information content (AvgIpc) is 3.34. The predicted octanol–water partition coefficient (Wildman–Crippen LogP) is 6.75. The van der Waals surface area contributed by atoms with Gasteiger partial charge in [-0.3, -0.25) is 0 Å². The molecule has 0 radical (unpaired) electrons. The molecule has 0 aromatic rings. The lowest BCUT2D eigenvalue weighted by atomic mass is 9.86. The summed E-state index contributed by atoms with van der Waals surface area (Å²) in [6, 6.07) is 0. The topological polar surface area (TPSA) is 9.23 Å². The quantitative estimate of drug-likeness (QED) is 0.362. The Morgan fingerprint density at radius 2 is 1.68 bits per heavy atom. The van der Waals surface area contributed by atoms with Crippen molar-refractivity contribution in [3.8, 4) is 0 Å². The van der Waals surface area contributed by atoms with Crippen LogP contribution in [0.5, 0.6) is 0 Å². The fourth-order valence-electron chi connectivity index (χ4n) is 4.20. The van der Waals surface area contributed by atoms with Gasteiger partial charge < -0.3 is 4.74 Å². The lowest BCUT2D eigenvalue weighted by Gasteiger charge is -2.23. The van der Waals surface area contributed by atoms with Gasteiger partial charge in [0.25, 0.3) is 0 Å². The first-order valence-corrected chi connectivity index (χ1v) is 10.4. The Labute approximate surface area is 139 Å². The molecule has 0 spiro atoms. The van der Waals surface area contributed by atoms with Crippen LogP contribution in [0.15, 0.2) is 0 Å². The van der Waals surface area contributed by atoms with Crippen molar-refractivity contribution < 1.29 is 4.74 Å². The van der Waals surface area contributed by atoms with E-state index in [0.717, 1.165) is 24.4 Å². The zero-order chi connectivity index (χ0) is 15.6. The standard InChI is InChI=1S/C21H40O/c1-3-8-18(2)12-15-21(17-20-13-14-20)22-16-7-11-19-9-5-4-6-10-19/h18-21H,3-17H2,1-2H3/t18-,21?/m1/s1. The summed E-state index contributed by atoms with van der Waals surface area (Å²) in [6.07, 6.45) is 20.4. The Balaban J connectivity index is 1.56. The summed E-state index contributed by atoms with van der Waals surface area (Å²) < 4.78 is 6.31. The monoisotopic (exact) mass is 308 g/mol. The highest BCUT2D eigenvalue weighted by molar-refractivity contribution is 4.77. The molecule has 2 aliphatic rings. The van der Waals surface area contributed by atoms with Gasteiger partial charge in [-0.25, -0.2) is 0 Å². The van der Waals surface area contributed by atoms with E-state index in [0.29, 0.717) is 6.10 Å². The number of hydrogen-bond donors (Lipinski definition) is 0. The van der Waals surface area contributed by atoms with Crippen LogP contribution in [-0.4, -0.2) is 12.7 Å². The molecule has 0 bridgehead atoms. The first kappa shape index (κ1) is 18.3. The molecule has 0 amide bonds. The highest BCUT2D eigenvalue weighted by Gasteiger charge is 2.26. The van der Waals surface area contributed by atoms with Crippen molar-refractivity contribution in [1.29, 1.82) is 0 Å². The van der Waals surface area contributed by atoms with Crippen molar-refractivity contribution in [2.45, 2.75) is 110 Å². The Morgan fingerprint density at radius 1 is 0.909 bits per heavy atom. The molecule has 0 N–H and O–H groups in total. The Hall–Kier alpha value is -0.0400. The van der Waals surface area contributed by atoms with Crippen LogP contribution in [0, 0.1) is 17.8 Å². The molecule has 22 heavy (non-hydrogen) atoms. The van der Waals surface area contributed by atoms with Gasteiger partial charge in [-0.05, 0) is 49.9 Å². The summed E-state index contributed by atoms with van der Waals surface area (Å²) in [5, 5.41) is 0. The molecule has 2 aliphatic carbocycles. The molecule has 0 aromatic carbocycles. The lowest BCUT2D eigenvalue weighted by molar-refractivity contribution is 0.0295. The van der Waals surface area contributed by atoms with E-state index in [1.807, 2.05) is 0 Å². The van der Waals surface area contributed by atoms with Gasteiger partial charge >= 0.3 is 0 Å². The summed E-state index contributed by atoms with van der Waals surface area (Å²) in [6.45, 7) is 5.75. The van der Waals surface area contributed by atoms with E-state index in [-0.39, 0.29) is 0 Å². The Kier molecular flexibility index (Phi) is 8.89. The number of rotatable bonds is 12. The third-order valence-electron chi connectivity index (χ3n) is 5.89. The molecule has 1 unspecified atom stereocenters. The maximum Gasteiger partial charge on any atom is 0.0577 e. The van der Waals surface area contributed by atoms with E-state index < -0.39 is 0 Å². The van der Waals surface area contributed by atoms with Crippen LogP contribution >= 0.6 is 0 Å². The highest BCUT2D eigenvalue weighted by atomic mass is 16.5. The molecular formula is C21H40O. The summed E-state index contributed by atoms with van der Waals surface area (Å²) in [5.41, 5.74) is 0. The SMILES string of the molecule is CCC[C@@H](C)CCC(CC1CC1)OCCCC1CCCCC1. The molecule has 0 aliphatic heterocycles. The second kappa shape index (κ2) is 10.7. The molecule has 1 nitrogen and oxygen atoms in total. The van der Waals surface area contributed by atoms with Crippen molar-refractivity contribution >= 4 is 0 Å². The first-order chi connectivity index (χ1) is 10.8. The van der Waals surface area contributed by atoms with Crippen LogP contribution in [0.25, 0.3) is 0 Å². The van der Waals surface area contributed by atoms with Crippen molar-refractivity contribution in [2.24, 2.45) is 17.8 Å². The lowest BCUT2D eigenvalue weighted by Crippen LogP contribution is -2.17. The van der Waals surface area contributed by atoms with Crippen LogP contribution in [0.4, 0.5) is 0 Å². The molecule has 130 valence electrons. The van der Waals surface area contributed by atoms with Crippen molar-refractivity contribution in [3.63, 3.8) is 0 Å². The number of hydrogen-bond acceptors (Lipinski definition) is 1. The van der Waals surface area contributed by atoms with E-state index in [1.54, 1.807) is 0 Å². The minimum atomic E-state index is 0.568. The van der Waals surface area contributed by atoms with Gasteiger partial charge in [-0.1, -0.05) is 71.6 Å². The van der Waals surface area contributed by atoms with Gasteiger partial charge in [-0.15, -0.1) is 0 Å². The van der Waals surface area contributed by atoms with Crippen molar-refractivity contribution in [2.75, 3.05) is 6.61 Å². The molecule has 1 heteroatoms. The number of ether oxygens (including phenoxy) is 1. The zero-order valence-corrected chi connectivity index (χ0v) is 15.3. The van der Waals surface area contributed by atoms with Crippen LogP contribution in [0.1, 0.15) is 104 Å². The third kappa shape index (κ3) is 7.99. The van der Waals surface area contributed by atoms with Gasteiger partial charge in [-0.2, -0.15) is 0 Å². The molecule has 2 atom stereocenters. The summed E-state index contributed by atoms with van der Waals surface area (Å²) in [7, 11) is 0. The minimum absolute atomic E-state index is 0.568. The molecule has 2 saturated carbocycles. The van der Waals surface area contributed by atoms with E-state index in [1.165, 1.54) is 89.9 Å². The van der Waals surface area contributed by atoms with Crippen LogP contribution in [-0.2, 0) is 4.74 Å². The fourth-order valence-corrected chi connectivity index (χ4v) is 4.20. The highest BCUT2D eigenvalue weighted by Crippen LogP contribution is 2.35. The molecule has 0 heterocycles. The molecule has 0 aromatic heterocycles. The van der Waals surface area contributed by atoms with Gasteiger partial charge in [0.2, 0.25) is 0 Å². The van der Waals surface area contributed by atoms with Crippen LogP contribution < -0.4 is 0 Å². The predicted molar refractivity (Wildman–Crippen MR) is 96.2 cm³/mol. The summed E-state index contributed by atoms with van der Waals surface area (Å²) in [5.74, 6) is 2.91. The van der Waals surface area contributed by atoms with Crippen LogP contribution in [0.2, 0.25) is 0 Å². The van der Waals surface area contributed by atoms with Crippen molar-refractivity contribution in [1.82, 2.24) is 0 Å². The Bertz CT molecular complexity index is 265. The van der Waals surface area contributed by atoms with Crippen LogP contribution in [0.3, 0.4) is 0 Å². The smallest absolute Gasteiger partial charge is 0.0577 e. The normalized spacial score (nSPS) is 22.6. The van der Waals surface area contributed by atoms with E-state index in [2.05, 4.69) is 13.8 Å². The molecular weight excluding hydrogens is 268 g/mol. The second-order valence-electron chi connectivity index (χ2n) is 8.29. The molecule has 0 saturated heterocycles. The molecule has 2 fully saturated rings. The second-order valence-corrected chi connectivity index (χ2v) is 8.29. The zero-order valence-electron chi connectivity index (χ0n) is 15.3. The van der Waals surface area contributed by atoms with Gasteiger partial charge in [0, 0.05) is 6.61 Å². The van der Waals surface area contributed by atoms with E-state index >= 15 is 0 Å². The van der Waals surface area contributed by atoms with Gasteiger partial charge in [0.15, 0.2) is 0 Å². The summed E-state index contributed by atoms with van der Waals surface area (Å²) >= 11 is 0. The molecule has 2 rings (SSSR count). The van der Waals surface area contributed by atoms with Gasteiger partial charge in [0.05, 0.1) is 6.10 Å². The minimum Gasteiger partial charge on any atom is -0.378 e. The largest absolute Gasteiger partial charge is 0.378 e. The van der Waals surface area contributed by atoms with Crippen molar-refractivity contribution in [3.05, 3.63) is 0 Å². The van der Waals surface area contributed by atoms with E-state index in [9.17, 15) is 0 Å². The fraction of sp³-hybridized carbons (Fsp3) is 1.00. The third-order valence-corrected chi connectivity index (χ3v) is 5.89. The maximum absolute atomic E-state index is 6.31. The van der Waals surface area contributed by atoms with Gasteiger partial charge in [0.1, 0.15) is 0 Å². The van der Waals surface area contributed by atoms with E-state index in [4.69, 9.17) is 4.74 Å². The Morgan fingerprint density at radius 3 is 2.36 bits per heavy atom. The first-order valence-electron chi connectivity index (χ1n) is 10.4. The summed E-state index contributed by atoms with van der Waals surface area (Å²) in [4.78, 5) is 0. The maximum atomic E-state index is 6.31. The average molecular weight is 309 g/mol.